The maximum Gasteiger partial charge on any atom is 0.120 e. The molecule has 0 saturated heterocycles. The number of ether oxygens (including phenoxy) is 1. The fourth-order valence-corrected chi connectivity index (χ4v) is 2.92. The second kappa shape index (κ2) is 6.80. The van der Waals surface area contributed by atoms with Crippen molar-refractivity contribution in [2.45, 2.75) is 13.5 Å². The number of hydrogen-bond acceptors (Lipinski definition) is 1. The van der Waals surface area contributed by atoms with Gasteiger partial charge in [-0.15, -0.1) is 0 Å². The summed E-state index contributed by atoms with van der Waals surface area (Å²) >= 11 is 3.51. The topological polar surface area (TPSA) is 9.23 Å². The molecule has 3 aromatic rings. The van der Waals surface area contributed by atoms with E-state index >= 15 is 0 Å². The van der Waals surface area contributed by atoms with Gasteiger partial charge in [-0.2, -0.15) is 0 Å². The van der Waals surface area contributed by atoms with Crippen LogP contribution >= 0.6 is 15.9 Å². The molecule has 2 heteroatoms. The summed E-state index contributed by atoms with van der Waals surface area (Å²) in [6.07, 6.45) is 0. The predicted molar refractivity (Wildman–Crippen MR) is 95.1 cm³/mol. The Balaban J connectivity index is 1.80. The van der Waals surface area contributed by atoms with Gasteiger partial charge in [-0.25, -0.2) is 0 Å². The highest BCUT2D eigenvalue weighted by molar-refractivity contribution is 9.10. The maximum absolute atomic E-state index is 5.91. The molecule has 0 N–H and O–H groups in total. The van der Waals surface area contributed by atoms with Crippen LogP contribution in [-0.2, 0) is 6.61 Å². The van der Waals surface area contributed by atoms with Gasteiger partial charge < -0.3 is 4.74 Å². The highest BCUT2D eigenvalue weighted by Crippen LogP contribution is 2.28. The van der Waals surface area contributed by atoms with E-state index in [4.69, 9.17) is 4.74 Å². The highest BCUT2D eigenvalue weighted by Gasteiger charge is 2.04. The van der Waals surface area contributed by atoms with Crippen molar-refractivity contribution in [1.82, 2.24) is 0 Å². The molecule has 0 radical (unpaired) electrons. The summed E-state index contributed by atoms with van der Waals surface area (Å²) in [5.41, 5.74) is 4.83. The van der Waals surface area contributed by atoms with Crippen molar-refractivity contribution in [1.29, 1.82) is 0 Å². The standard InChI is InChI=1S/C20H17BrO/c1-15-12-18(21)10-11-20(15)17-8-5-9-19(13-17)22-14-16-6-3-2-4-7-16/h2-13H,14H2,1H3. The Labute approximate surface area is 139 Å². The Kier molecular flexibility index (Phi) is 4.59. The average Bonchev–Trinajstić information content (AvgIpc) is 2.54. The largest absolute Gasteiger partial charge is 0.489 e. The number of aryl methyl sites for hydroxylation is 1. The molecule has 22 heavy (non-hydrogen) atoms. The normalized spacial score (nSPS) is 10.5. The monoisotopic (exact) mass is 352 g/mol. The molecule has 0 amide bonds. The van der Waals surface area contributed by atoms with Crippen LogP contribution < -0.4 is 4.74 Å². The summed E-state index contributed by atoms with van der Waals surface area (Å²) < 4.78 is 7.01. The van der Waals surface area contributed by atoms with Crippen LogP contribution in [0, 0.1) is 6.92 Å². The SMILES string of the molecule is Cc1cc(Br)ccc1-c1cccc(OCc2ccccc2)c1. The van der Waals surface area contributed by atoms with E-state index in [1.54, 1.807) is 0 Å². The lowest BCUT2D eigenvalue weighted by molar-refractivity contribution is 0.306. The molecule has 0 aliphatic heterocycles. The molecule has 110 valence electrons. The van der Waals surface area contributed by atoms with Crippen LogP contribution in [0.15, 0.2) is 77.3 Å². The zero-order valence-electron chi connectivity index (χ0n) is 12.4. The number of halogens is 1. The molecule has 0 fully saturated rings. The third-order valence-corrected chi connectivity index (χ3v) is 4.08. The Bertz CT molecular complexity index is 766. The van der Waals surface area contributed by atoms with Gasteiger partial charge in [0.2, 0.25) is 0 Å². The molecule has 0 saturated carbocycles. The second-order valence-electron chi connectivity index (χ2n) is 5.26. The first kappa shape index (κ1) is 14.9. The van der Waals surface area contributed by atoms with E-state index in [0.29, 0.717) is 6.61 Å². The molecule has 0 unspecified atom stereocenters. The molecule has 3 aromatic carbocycles. The fraction of sp³-hybridized carbons (Fsp3) is 0.100. The van der Waals surface area contributed by atoms with Crippen molar-refractivity contribution in [3.05, 3.63) is 88.4 Å². The lowest BCUT2D eigenvalue weighted by Gasteiger charge is -2.10. The summed E-state index contributed by atoms with van der Waals surface area (Å²) in [6.45, 7) is 2.71. The van der Waals surface area contributed by atoms with Gasteiger partial charge >= 0.3 is 0 Å². The third kappa shape index (κ3) is 3.58. The molecule has 0 atom stereocenters. The van der Waals surface area contributed by atoms with Gasteiger partial charge in [-0.3, -0.25) is 0 Å². The zero-order valence-corrected chi connectivity index (χ0v) is 14.0. The van der Waals surface area contributed by atoms with Crippen LogP contribution in [-0.4, -0.2) is 0 Å². The second-order valence-corrected chi connectivity index (χ2v) is 6.18. The first-order valence-corrected chi connectivity index (χ1v) is 8.05. The average molecular weight is 353 g/mol. The van der Waals surface area contributed by atoms with Crippen LogP contribution in [0.25, 0.3) is 11.1 Å². The minimum absolute atomic E-state index is 0.587. The van der Waals surface area contributed by atoms with Gasteiger partial charge in [0.25, 0.3) is 0 Å². The quantitative estimate of drug-likeness (QED) is 0.559. The van der Waals surface area contributed by atoms with Gasteiger partial charge in [0.05, 0.1) is 0 Å². The Hall–Kier alpha value is -2.06. The molecule has 0 aromatic heterocycles. The summed E-state index contributed by atoms with van der Waals surface area (Å²) in [4.78, 5) is 0. The molecule has 3 rings (SSSR count). The van der Waals surface area contributed by atoms with Gasteiger partial charge in [0.15, 0.2) is 0 Å². The molecule has 0 spiro atoms. The lowest BCUT2D eigenvalue weighted by atomic mass is 10.0. The molecule has 1 nitrogen and oxygen atoms in total. The lowest BCUT2D eigenvalue weighted by Crippen LogP contribution is -1.95. The predicted octanol–water partition coefficient (Wildman–Crippen LogP) is 6.00. The number of benzene rings is 3. The van der Waals surface area contributed by atoms with Crippen molar-refractivity contribution < 1.29 is 4.74 Å². The van der Waals surface area contributed by atoms with Crippen LogP contribution in [0.3, 0.4) is 0 Å². The van der Waals surface area contributed by atoms with Crippen LogP contribution in [0.4, 0.5) is 0 Å². The third-order valence-electron chi connectivity index (χ3n) is 3.58. The van der Waals surface area contributed by atoms with Gasteiger partial charge in [-0.05, 0) is 53.4 Å². The van der Waals surface area contributed by atoms with E-state index in [-0.39, 0.29) is 0 Å². The van der Waals surface area contributed by atoms with Crippen molar-refractivity contribution in [3.8, 4) is 16.9 Å². The Morgan fingerprint density at radius 3 is 2.45 bits per heavy atom. The zero-order chi connectivity index (χ0) is 15.4. The van der Waals surface area contributed by atoms with E-state index < -0.39 is 0 Å². The first-order valence-electron chi connectivity index (χ1n) is 7.26. The summed E-state index contributed by atoms with van der Waals surface area (Å²) in [7, 11) is 0. The van der Waals surface area contributed by atoms with Gasteiger partial charge in [0.1, 0.15) is 12.4 Å². The number of hydrogen-bond donors (Lipinski definition) is 0. The Morgan fingerprint density at radius 2 is 1.68 bits per heavy atom. The summed E-state index contributed by atoms with van der Waals surface area (Å²) in [5, 5.41) is 0. The highest BCUT2D eigenvalue weighted by atomic mass is 79.9. The van der Waals surface area contributed by atoms with E-state index in [1.807, 2.05) is 30.3 Å². The molecule has 0 aliphatic carbocycles. The summed E-state index contributed by atoms with van der Waals surface area (Å²) in [6, 6.07) is 24.8. The van der Waals surface area contributed by atoms with Gasteiger partial charge in [0, 0.05) is 4.47 Å². The maximum atomic E-state index is 5.91. The molecular formula is C20H17BrO. The van der Waals surface area contributed by atoms with Gasteiger partial charge in [-0.1, -0.05) is 64.5 Å². The molecule has 0 aliphatic rings. The number of rotatable bonds is 4. The van der Waals surface area contributed by atoms with Crippen molar-refractivity contribution in [2.24, 2.45) is 0 Å². The fourth-order valence-electron chi connectivity index (χ4n) is 2.45. The summed E-state index contributed by atoms with van der Waals surface area (Å²) in [5.74, 6) is 0.892. The minimum Gasteiger partial charge on any atom is -0.489 e. The molecular weight excluding hydrogens is 336 g/mol. The van der Waals surface area contributed by atoms with Crippen LogP contribution in [0.5, 0.6) is 5.75 Å². The van der Waals surface area contributed by atoms with Crippen LogP contribution in [0.1, 0.15) is 11.1 Å². The first-order chi connectivity index (χ1) is 10.7. The van der Waals surface area contributed by atoms with Crippen molar-refractivity contribution in [3.63, 3.8) is 0 Å². The van der Waals surface area contributed by atoms with Crippen molar-refractivity contribution >= 4 is 15.9 Å². The van der Waals surface area contributed by atoms with Crippen molar-refractivity contribution in [2.75, 3.05) is 0 Å². The van der Waals surface area contributed by atoms with E-state index in [9.17, 15) is 0 Å². The molecule has 0 heterocycles. The molecule has 0 bridgehead atoms. The smallest absolute Gasteiger partial charge is 0.120 e. The van der Waals surface area contributed by atoms with E-state index in [1.165, 1.54) is 22.3 Å². The minimum atomic E-state index is 0.587. The Morgan fingerprint density at radius 1 is 0.864 bits per heavy atom. The van der Waals surface area contributed by atoms with E-state index in [0.717, 1.165) is 10.2 Å². The van der Waals surface area contributed by atoms with E-state index in [2.05, 4.69) is 65.3 Å². The van der Waals surface area contributed by atoms with Crippen LogP contribution in [0.2, 0.25) is 0 Å².